The molecule has 0 aliphatic carbocycles. The Morgan fingerprint density at radius 2 is 1.80 bits per heavy atom. The number of ether oxygens (including phenoxy) is 2. The molecule has 0 radical (unpaired) electrons. The van der Waals surface area contributed by atoms with Crippen LogP contribution in [0.2, 0.25) is 0 Å². The predicted molar refractivity (Wildman–Crippen MR) is 77.6 cm³/mol. The SMILES string of the molecule is COc1cccc(OC)c1C(Cc1ccccn1)NN. The van der Waals surface area contributed by atoms with Gasteiger partial charge in [-0.2, -0.15) is 0 Å². The van der Waals surface area contributed by atoms with Gasteiger partial charge in [-0.25, -0.2) is 0 Å². The molecule has 1 heterocycles. The average molecular weight is 273 g/mol. The third kappa shape index (κ3) is 3.07. The molecule has 5 heteroatoms. The number of rotatable bonds is 6. The quantitative estimate of drug-likeness (QED) is 0.621. The highest BCUT2D eigenvalue weighted by atomic mass is 16.5. The normalized spacial score (nSPS) is 11.9. The van der Waals surface area contributed by atoms with Gasteiger partial charge in [0.2, 0.25) is 0 Å². The summed E-state index contributed by atoms with van der Waals surface area (Å²) in [5.74, 6) is 7.19. The van der Waals surface area contributed by atoms with Crippen LogP contribution in [0.15, 0.2) is 42.6 Å². The summed E-state index contributed by atoms with van der Waals surface area (Å²) in [7, 11) is 3.26. The monoisotopic (exact) mass is 273 g/mol. The van der Waals surface area contributed by atoms with Crippen LogP contribution in [-0.4, -0.2) is 19.2 Å². The van der Waals surface area contributed by atoms with E-state index >= 15 is 0 Å². The fourth-order valence-corrected chi connectivity index (χ4v) is 2.20. The second kappa shape index (κ2) is 6.88. The van der Waals surface area contributed by atoms with Crippen LogP contribution in [0, 0.1) is 0 Å². The summed E-state index contributed by atoms with van der Waals surface area (Å²) in [6.07, 6.45) is 2.41. The topological polar surface area (TPSA) is 69.4 Å². The lowest BCUT2D eigenvalue weighted by molar-refractivity contribution is 0.370. The third-order valence-electron chi connectivity index (χ3n) is 3.15. The smallest absolute Gasteiger partial charge is 0.127 e. The maximum absolute atomic E-state index is 5.71. The lowest BCUT2D eigenvalue weighted by Gasteiger charge is -2.21. The zero-order valence-electron chi connectivity index (χ0n) is 11.7. The number of aromatic nitrogens is 1. The Hall–Kier alpha value is -2.11. The van der Waals surface area contributed by atoms with Gasteiger partial charge in [0, 0.05) is 18.3 Å². The van der Waals surface area contributed by atoms with Crippen molar-refractivity contribution in [2.75, 3.05) is 14.2 Å². The van der Waals surface area contributed by atoms with Gasteiger partial charge in [0.05, 0.1) is 25.8 Å². The molecule has 0 amide bonds. The summed E-state index contributed by atoms with van der Waals surface area (Å²) < 4.78 is 10.8. The maximum atomic E-state index is 5.71. The van der Waals surface area contributed by atoms with Crippen molar-refractivity contribution in [1.29, 1.82) is 0 Å². The summed E-state index contributed by atoms with van der Waals surface area (Å²) in [4.78, 5) is 4.33. The molecule has 106 valence electrons. The fourth-order valence-electron chi connectivity index (χ4n) is 2.20. The van der Waals surface area contributed by atoms with Crippen LogP contribution in [0.4, 0.5) is 0 Å². The standard InChI is InChI=1S/C15H19N3O2/c1-19-13-7-5-8-14(20-2)15(13)12(18-16)10-11-6-3-4-9-17-11/h3-9,12,18H,10,16H2,1-2H3. The zero-order chi connectivity index (χ0) is 14.4. The molecule has 1 unspecified atom stereocenters. The zero-order valence-corrected chi connectivity index (χ0v) is 11.7. The van der Waals surface area contributed by atoms with Crippen LogP contribution in [0.3, 0.4) is 0 Å². The largest absolute Gasteiger partial charge is 0.496 e. The minimum atomic E-state index is -0.143. The Morgan fingerprint density at radius 3 is 2.30 bits per heavy atom. The van der Waals surface area contributed by atoms with Crippen molar-refractivity contribution in [3.8, 4) is 11.5 Å². The van der Waals surface area contributed by atoms with Crippen LogP contribution in [0.5, 0.6) is 11.5 Å². The van der Waals surface area contributed by atoms with Crippen molar-refractivity contribution in [1.82, 2.24) is 10.4 Å². The average Bonchev–Trinajstić information content (AvgIpc) is 2.52. The summed E-state index contributed by atoms with van der Waals surface area (Å²) in [5.41, 5.74) is 4.66. The Morgan fingerprint density at radius 1 is 1.10 bits per heavy atom. The van der Waals surface area contributed by atoms with E-state index in [0.717, 1.165) is 22.8 Å². The maximum Gasteiger partial charge on any atom is 0.127 e. The van der Waals surface area contributed by atoms with E-state index in [1.807, 2.05) is 36.4 Å². The van der Waals surface area contributed by atoms with E-state index in [4.69, 9.17) is 15.3 Å². The number of hydrogen-bond donors (Lipinski definition) is 2. The highest BCUT2D eigenvalue weighted by Crippen LogP contribution is 2.34. The molecule has 0 spiro atoms. The van der Waals surface area contributed by atoms with Gasteiger partial charge in [-0.05, 0) is 24.3 Å². The summed E-state index contributed by atoms with van der Waals surface area (Å²) >= 11 is 0. The summed E-state index contributed by atoms with van der Waals surface area (Å²) in [6.45, 7) is 0. The van der Waals surface area contributed by atoms with E-state index in [-0.39, 0.29) is 6.04 Å². The molecule has 0 fully saturated rings. The Kier molecular flexibility index (Phi) is 4.92. The van der Waals surface area contributed by atoms with Gasteiger partial charge in [-0.1, -0.05) is 12.1 Å². The lowest BCUT2D eigenvalue weighted by atomic mass is 10.00. The van der Waals surface area contributed by atoms with Crippen molar-refractivity contribution in [3.63, 3.8) is 0 Å². The van der Waals surface area contributed by atoms with Gasteiger partial charge in [-0.3, -0.25) is 16.3 Å². The molecular formula is C15H19N3O2. The van der Waals surface area contributed by atoms with Gasteiger partial charge in [0.25, 0.3) is 0 Å². The molecule has 1 atom stereocenters. The molecule has 0 bridgehead atoms. The van der Waals surface area contributed by atoms with E-state index in [1.54, 1.807) is 20.4 Å². The minimum Gasteiger partial charge on any atom is -0.496 e. The van der Waals surface area contributed by atoms with E-state index in [2.05, 4.69) is 10.4 Å². The van der Waals surface area contributed by atoms with Crippen LogP contribution >= 0.6 is 0 Å². The Labute approximate surface area is 118 Å². The molecule has 3 N–H and O–H groups in total. The molecule has 0 saturated heterocycles. The van der Waals surface area contributed by atoms with Crippen molar-refractivity contribution in [2.24, 2.45) is 5.84 Å². The van der Waals surface area contributed by atoms with Gasteiger partial charge >= 0.3 is 0 Å². The van der Waals surface area contributed by atoms with Crippen molar-refractivity contribution in [3.05, 3.63) is 53.9 Å². The molecule has 5 nitrogen and oxygen atoms in total. The van der Waals surface area contributed by atoms with Crippen LogP contribution in [0.1, 0.15) is 17.3 Å². The number of nitrogens with zero attached hydrogens (tertiary/aromatic N) is 1. The molecule has 0 aliphatic rings. The van der Waals surface area contributed by atoms with Gasteiger partial charge in [0.1, 0.15) is 11.5 Å². The van der Waals surface area contributed by atoms with Crippen molar-refractivity contribution >= 4 is 0 Å². The van der Waals surface area contributed by atoms with Crippen LogP contribution < -0.4 is 20.7 Å². The van der Waals surface area contributed by atoms with E-state index in [0.29, 0.717) is 6.42 Å². The number of hydrogen-bond acceptors (Lipinski definition) is 5. The first-order valence-corrected chi connectivity index (χ1v) is 6.37. The molecule has 2 rings (SSSR count). The Balaban J connectivity index is 2.36. The van der Waals surface area contributed by atoms with Crippen molar-refractivity contribution in [2.45, 2.75) is 12.5 Å². The van der Waals surface area contributed by atoms with Crippen LogP contribution in [-0.2, 0) is 6.42 Å². The molecule has 0 saturated carbocycles. The van der Waals surface area contributed by atoms with Gasteiger partial charge < -0.3 is 9.47 Å². The van der Waals surface area contributed by atoms with Crippen LogP contribution in [0.25, 0.3) is 0 Å². The first-order valence-electron chi connectivity index (χ1n) is 6.37. The number of nitrogens with one attached hydrogen (secondary N) is 1. The number of benzene rings is 1. The highest BCUT2D eigenvalue weighted by Gasteiger charge is 2.20. The second-order valence-electron chi connectivity index (χ2n) is 4.32. The Bertz CT molecular complexity index is 524. The van der Waals surface area contributed by atoms with E-state index < -0.39 is 0 Å². The van der Waals surface area contributed by atoms with E-state index in [9.17, 15) is 0 Å². The first-order chi connectivity index (χ1) is 9.80. The number of nitrogens with two attached hydrogens (primary N) is 1. The molecule has 20 heavy (non-hydrogen) atoms. The summed E-state index contributed by atoms with van der Waals surface area (Å²) in [6, 6.07) is 11.3. The van der Waals surface area contributed by atoms with Crippen molar-refractivity contribution < 1.29 is 9.47 Å². The third-order valence-corrected chi connectivity index (χ3v) is 3.15. The molecule has 2 aromatic rings. The minimum absolute atomic E-state index is 0.143. The molecule has 0 aliphatic heterocycles. The molecule has 1 aromatic carbocycles. The number of methoxy groups -OCH3 is 2. The number of pyridine rings is 1. The second-order valence-corrected chi connectivity index (χ2v) is 4.32. The summed E-state index contributed by atoms with van der Waals surface area (Å²) in [5, 5.41) is 0. The predicted octanol–water partition coefficient (Wildman–Crippen LogP) is 1.85. The fraction of sp³-hybridized carbons (Fsp3) is 0.267. The number of hydrazine groups is 1. The van der Waals surface area contributed by atoms with E-state index in [1.165, 1.54) is 0 Å². The van der Waals surface area contributed by atoms with Gasteiger partial charge in [-0.15, -0.1) is 0 Å². The van der Waals surface area contributed by atoms with Gasteiger partial charge in [0.15, 0.2) is 0 Å². The first kappa shape index (κ1) is 14.3. The molecular weight excluding hydrogens is 254 g/mol. The molecule has 1 aromatic heterocycles. The lowest BCUT2D eigenvalue weighted by Crippen LogP contribution is -2.30. The highest BCUT2D eigenvalue weighted by molar-refractivity contribution is 5.47.